The number of halogens is 3. The summed E-state index contributed by atoms with van der Waals surface area (Å²) in [5.41, 5.74) is 2.67. The molecule has 0 aliphatic carbocycles. The minimum absolute atomic E-state index is 0.131. The third-order valence-corrected chi connectivity index (χ3v) is 6.90. The zero-order chi connectivity index (χ0) is 24.4. The van der Waals surface area contributed by atoms with Gasteiger partial charge >= 0.3 is 6.18 Å². The van der Waals surface area contributed by atoms with Crippen molar-refractivity contribution in [2.45, 2.75) is 25.1 Å². The summed E-state index contributed by atoms with van der Waals surface area (Å²) in [6, 6.07) is 19.5. The van der Waals surface area contributed by atoms with Crippen molar-refractivity contribution in [1.82, 2.24) is 10.3 Å². The van der Waals surface area contributed by atoms with Gasteiger partial charge in [0, 0.05) is 55.9 Å². The van der Waals surface area contributed by atoms with Gasteiger partial charge < -0.3 is 15.1 Å². The minimum Gasteiger partial charge on any atom is -0.368 e. The highest BCUT2D eigenvalue weighted by Gasteiger charge is 2.42. The highest BCUT2D eigenvalue weighted by atomic mass is 19.4. The van der Waals surface area contributed by atoms with Crippen molar-refractivity contribution in [3.63, 3.8) is 0 Å². The Bertz CT molecular complexity index is 1170. The molecular formula is C27H27F3N4O. The number of amides is 1. The number of nitrogens with one attached hydrogen (secondary N) is 1. The topological polar surface area (TPSA) is 48.5 Å². The third-order valence-electron chi connectivity index (χ3n) is 6.90. The maximum atomic E-state index is 13.4. The molecule has 2 aliphatic heterocycles. The lowest BCUT2D eigenvalue weighted by atomic mass is 9.82. The smallest absolute Gasteiger partial charge is 0.368 e. The lowest BCUT2D eigenvalue weighted by Crippen LogP contribution is -2.61. The number of anilines is 2. The SMILES string of the molecule is O=C(NCCc1ccccn1)[C@H]1Cc2cc(C(F)(F)F)ccc2N2CCN(c3ccccc3)C[C@H]12. The number of hydrogen-bond donors (Lipinski definition) is 1. The van der Waals surface area contributed by atoms with Crippen LogP contribution in [0, 0.1) is 5.92 Å². The standard InChI is InChI=1S/C27H27F3N4O/c28-27(29,30)20-9-10-24-19(16-20)17-23(26(35)32-13-11-21-6-4-5-12-31-21)25-18-33(14-15-34(24)25)22-7-2-1-3-8-22/h1-10,12,16,23,25H,11,13-15,17-18H2,(H,32,35)/t23-,25+/m0/s1. The summed E-state index contributed by atoms with van der Waals surface area (Å²) in [5.74, 6) is -0.588. The predicted molar refractivity (Wildman–Crippen MR) is 129 cm³/mol. The molecule has 8 heteroatoms. The van der Waals surface area contributed by atoms with E-state index < -0.39 is 17.7 Å². The summed E-state index contributed by atoms with van der Waals surface area (Å²) in [7, 11) is 0. The van der Waals surface area contributed by atoms with Crippen LogP contribution in [0.1, 0.15) is 16.8 Å². The molecule has 0 spiro atoms. The summed E-state index contributed by atoms with van der Waals surface area (Å²) in [6.07, 6.45) is -1.83. The van der Waals surface area contributed by atoms with Gasteiger partial charge in [-0.05, 0) is 54.4 Å². The highest BCUT2D eigenvalue weighted by Crippen LogP contribution is 2.40. The zero-order valence-electron chi connectivity index (χ0n) is 19.2. The molecule has 1 aromatic heterocycles. The number of fused-ring (bicyclic) bond motifs is 3. The molecule has 35 heavy (non-hydrogen) atoms. The van der Waals surface area contributed by atoms with Crippen molar-refractivity contribution in [2.75, 3.05) is 36.0 Å². The fourth-order valence-corrected chi connectivity index (χ4v) is 5.16. The zero-order valence-corrected chi connectivity index (χ0v) is 19.2. The Labute approximate surface area is 202 Å². The predicted octanol–water partition coefficient (Wildman–Crippen LogP) is 4.33. The van der Waals surface area contributed by atoms with E-state index in [1.54, 1.807) is 12.3 Å². The van der Waals surface area contributed by atoms with Crippen LogP contribution >= 0.6 is 0 Å². The van der Waals surface area contributed by atoms with Gasteiger partial charge in [-0.2, -0.15) is 13.2 Å². The molecule has 2 atom stereocenters. The monoisotopic (exact) mass is 480 g/mol. The molecule has 0 saturated carbocycles. The van der Waals surface area contributed by atoms with E-state index in [2.05, 4.69) is 20.1 Å². The van der Waals surface area contributed by atoms with E-state index in [-0.39, 0.29) is 18.4 Å². The highest BCUT2D eigenvalue weighted by molar-refractivity contribution is 5.82. The summed E-state index contributed by atoms with van der Waals surface area (Å²) in [6.45, 7) is 2.42. The molecule has 0 radical (unpaired) electrons. The van der Waals surface area contributed by atoms with Gasteiger partial charge in [-0.15, -0.1) is 0 Å². The number of carbonyl (C=O) groups excluding carboxylic acids is 1. The molecule has 2 aliphatic rings. The Morgan fingerprint density at radius 2 is 1.83 bits per heavy atom. The maximum absolute atomic E-state index is 13.4. The number of alkyl halides is 3. The van der Waals surface area contributed by atoms with Crippen molar-refractivity contribution < 1.29 is 18.0 Å². The van der Waals surface area contributed by atoms with Crippen LogP contribution in [0.3, 0.4) is 0 Å². The Hall–Kier alpha value is -3.55. The van der Waals surface area contributed by atoms with Crippen LogP contribution in [0.5, 0.6) is 0 Å². The van der Waals surface area contributed by atoms with Crippen LogP contribution < -0.4 is 15.1 Å². The Kier molecular flexibility index (Phi) is 6.36. The molecule has 5 nitrogen and oxygen atoms in total. The van der Waals surface area contributed by atoms with Gasteiger partial charge in [-0.3, -0.25) is 9.78 Å². The van der Waals surface area contributed by atoms with Gasteiger partial charge in [0.25, 0.3) is 0 Å². The maximum Gasteiger partial charge on any atom is 0.416 e. The van der Waals surface area contributed by atoms with Gasteiger partial charge in [0.05, 0.1) is 17.5 Å². The van der Waals surface area contributed by atoms with Crippen LogP contribution in [0.15, 0.2) is 72.9 Å². The molecule has 2 aromatic carbocycles. The van der Waals surface area contributed by atoms with Crippen molar-refractivity contribution in [2.24, 2.45) is 5.92 Å². The lowest BCUT2D eigenvalue weighted by molar-refractivity contribution is -0.137. The Balaban J connectivity index is 1.40. The number of hydrogen-bond acceptors (Lipinski definition) is 4. The number of pyridine rings is 1. The molecule has 0 unspecified atom stereocenters. The average molecular weight is 481 g/mol. The molecular weight excluding hydrogens is 453 g/mol. The van der Waals surface area contributed by atoms with Crippen LogP contribution in [-0.4, -0.2) is 43.1 Å². The minimum atomic E-state index is -4.42. The van der Waals surface area contributed by atoms with E-state index in [4.69, 9.17) is 0 Å². The van der Waals surface area contributed by atoms with E-state index in [1.807, 2.05) is 48.5 Å². The summed E-state index contributed by atoms with van der Waals surface area (Å²) in [5, 5.41) is 3.02. The molecule has 1 fully saturated rings. The Morgan fingerprint density at radius 3 is 2.57 bits per heavy atom. The first-order valence-corrected chi connectivity index (χ1v) is 11.8. The summed E-state index contributed by atoms with van der Waals surface area (Å²) < 4.78 is 40.2. The van der Waals surface area contributed by atoms with E-state index in [9.17, 15) is 18.0 Å². The van der Waals surface area contributed by atoms with E-state index in [1.165, 1.54) is 6.07 Å². The normalized spacial score (nSPS) is 19.6. The lowest BCUT2D eigenvalue weighted by Gasteiger charge is -2.49. The molecule has 0 bridgehead atoms. The van der Waals surface area contributed by atoms with Gasteiger partial charge in [0.1, 0.15) is 0 Å². The van der Waals surface area contributed by atoms with Crippen LogP contribution in [0.25, 0.3) is 0 Å². The largest absolute Gasteiger partial charge is 0.416 e. The van der Waals surface area contributed by atoms with Crippen molar-refractivity contribution in [3.8, 4) is 0 Å². The molecule has 1 N–H and O–H groups in total. The molecule has 3 aromatic rings. The van der Waals surface area contributed by atoms with Crippen molar-refractivity contribution in [1.29, 1.82) is 0 Å². The third kappa shape index (κ3) is 4.97. The number of carbonyl (C=O) groups is 1. The first-order valence-electron chi connectivity index (χ1n) is 11.8. The van der Waals surface area contributed by atoms with E-state index in [0.717, 1.165) is 29.7 Å². The van der Waals surface area contributed by atoms with Crippen LogP contribution in [-0.2, 0) is 23.8 Å². The molecule has 5 rings (SSSR count). The quantitative estimate of drug-likeness (QED) is 0.591. The first kappa shape index (κ1) is 23.2. The number of aromatic nitrogens is 1. The second kappa shape index (κ2) is 9.60. The number of nitrogens with zero attached hydrogens (tertiary/aromatic N) is 3. The fourth-order valence-electron chi connectivity index (χ4n) is 5.16. The van der Waals surface area contributed by atoms with Gasteiger partial charge in [0.15, 0.2) is 0 Å². The van der Waals surface area contributed by atoms with Gasteiger partial charge in [-0.25, -0.2) is 0 Å². The number of piperazine rings is 1. The van der Waals surface area contributed by atoms with Crippen molar-refractivity contribution >= 4 is 17.3 Å². The summed E-state index contributed by atoms with van der Waals surface area (Å²) >= 11 is 0. The van der Waals surface area contributed by atoms with Gasteiger partial charge in [0.2, 0.25) is 5.91 Å². The van der Waals surface area contributed by atoms with E-state index in [0.29, 0.717) is 31.6 Å². The van der Waals surface area contributed by atoms with Crippen LogP contribution in [0.2, 0.25) is 0 Å². The molecule has 1 amide bonds. The molecule has 3 heterocycles. The van der Waals surface area contributed by atoms with Crippen LogP contribution in [0.4, 0.5) is 24.5 Å². The summed E-state index contributed by atoms with van der Waals surface area (Å²) in [4.78, 5) is 22.0. The number of benzene rings is 2. The second-order valence-electron chi connectivity index (χ2n) is 9.06. The number of para-hydroxylation sites is 1. The van der Waals surface area contributed by atoms with Gasteiger partial charge in [-0.1, -0.05) is 24.3 Å². The molecule has 1 saturated heterocycles. The first-order chi connectivity index (χ1) is 16.9. The number of rotatable bonds is 5. The average Bonchev–Trinajstić information content (AvgIpc) is 2.88. The Morgan fingerprint density at radius 1 is 1.03 bits per heavy atom. The van der Waals surface area contributed by atoms with Crippen molar-refractivity contribution in [3.05, 3.63) is 89.7 Å². The fraction of sp³-hybridized carbons (Fsp3) is 0.333. The van der Waals surface area contributed by atoms with E-state index >= 15 is 0 Å². The second-order valence-corrected chi connectivity index (χ2v) is 9.06. The molecule has 182 valence electrons.